The lowest BCUT2D eigenvalue weighted by atomic mass is 9.75. The number of halogens is 3. The van der Waals surface area contributed by atoms with Gasteiger partial charge in [-0.25, -0.2) is 0 Å². The number of nitrogens with zero attached hydrogens (tertiary/aromatic N) is 1. The maximum absolute atomic E-state index is 13.5. The summed E-state index contributed by atoms with van der Waals surface area (Å²) < 4.78 is 50.2. The number of nitrogens with one attached hydrogen (secondary N) is 2. The molecule has 2 heterocycles. The average Bonchev–Trinajstić information content (AvgIpc) is 3.32. The summed E-state index contributed by atoms with van der Waals surface area (Å²) >= 11 is 0. The van der Waals surface area contributed by atoms with Crippen LogP contribution < -0.4 is 16.4 Å². The van der Waals surface area contributed by atoms with Gasteiger partial charge in [-0.15, -0.1) is 0 Å². The first-order valence-electron chi connectivity index (χ1n) is 12.2. The molecule has 1 amide bonds. The largest absolute Gasteiger partial charge is 0.464 e. The molecule has 2 saturated heterocycles. The second-order valence-corrected chi connectivity index (χ2v) is 10.3. The Morgan fingerprint density at radius 2 is 1.83 bits per heavy atom. The molecule has 208 valence electrons. The van der Waals surface area contributed by atoms with Crippen molar-refractivity contribution < 1.29 is 42.1 Å². The topological polar surface area (TPSA) is 143 Å². The molecule has 2 rings (SSSR count). The summed E-state index contributed by atoms with van der Waals surface area (Å²) in [5.41, 5.74) is 2.77. The third kappa shape index (κ3) is 6.94. The Morgan fingerprint density at radius 1 is 1.22 bits per heavy atom. The number of carbonyl (C=O) groups is 3. The van der Waals surface area contributed by atoms with Crippen molar-refractivity contribution in [2.75, 3.05) is 46.0 Å². The fraction of sp³-hybridized carbons (Fsp3) is 0.870. The molecule has 0 saturated carbocycles. The number of aliphatic hydroxyl groups is 1. The SMILES string of the molecule is CC(C)C(NC(=O)[C@@]1(C(=O)[C@@H](N)C(C)(C)C(=O)OCCN2CCOCC2)CCCN1)C(O)C(F)(F)F. The first-order chi connectivity index (χ1) is 16.6. The van der Waals surface area contributed by atoms with E-state index < -0.39 is 58.9 Å². The van der Waals surface area contributed by atoms with Gasteiger partial charge in [0.15, 0.2) is 17.4 Å². The van der Waals surface area contributed by atoms with Crippen molar-refractivity contribution in [3.05, 3.63) is 0 Å². The molecule has 0 aromatic heterocycles. The molecule has 2 fully saturated rings. The Hall–Kier alpha value is -1.80. The minimum atomic E-state index is -4.97. The highest BCUT2D eigenvalue weighted by atomic mass is 19.4. The number of aliphatic hydroxyl groups excluding tert-OH is 1. The second-order valence-electron chi connectivity index (χ2n) is 10.3. The van der Waals surface area contributed by atoms with Gasteiger partial charge in [-0.1, -0.05) is 13.8 Å². The van der Waals surface area contributed by atoms with Gasteiger partial charge in [0.25, 0.3) is 0 Å². The molecule has 2 aliphatic heterocycles. The van der Waals surface area contributed by atoms with Gasteiger partial charge in [-0.2, -0.15) is 13.2 Å². The van der Waals surface area contributed by atoms with E-state index in [9.17, 15) is 32.7 Å². The zero-order valence-corrected chi connectivity index (χ0v) is 21.3. The number of hydrogen-bond donors (Lipinski definition) is 4. The van der Waals surface area contributed by atoms with Crippen molar-refractivity contribution in [1.29, 1.82) is 0 Å². The molecule has 0 aromatic carbocycles. The van der Waals surface area contributed by atoms with E-state index in [2.05, 4.69) is 15.5 Å². The van der Waals surface area contributed by atoms with E-state index in [0.29, 0.717) is 39.3 Å². The number of alkyl halides is 3. The van der Waals surface area contributed by atoms with E-state index in [-0.39, 0.29) is 19.6 Å². The molecule has 0 bridgehead atoms. The van der Waals surface area contributed by atoms with Gasteiger partial charge in [0.1, 0.15) is 6.61 Å². The number of hydrogen-bond acceptors (Lipinski definition) is 9. The van der Waals surface area contributed by atoms with Crippen LogP contribution in [-0.2, 0) is 23.9 Å². The van der Waals surface area contributed by atoms with E-state index in [4.69, 9.17) is 15.2 Å². The van der Waals surface area contributed by atoms with Crippen molar-refractivity contribution in [3.8, 4) is 0 Å². The van der Waals surface area contributed by atoms with Crippen LogP contribution in [0.15, 0.2) is 0 Å². The monoisotopic (exact) mass is 524 g/mol. The molecule has 0 aromatic rings. The minimum absolute atomic E-state index is 0.0134. The standard InChI is InChI=1S/C23H39F3N4O6/c1-14(2)15(17(31)23(24,25)26)29-19(33)22(6-5-7-28-22)18(32)16(27)21(3,4)20(34)36-13-10-30-8-11-35-12-9-30/h14-17,28,31H,5-13,27H2,1-4H3,(H,29,33)/t15?,16-,17?,22+/m1/s1. The number of Topliss-reactive ketones (excluding diaryl/α,β-unsaturated/α-hetero) is 1. The molecular weight excluding hydrogens is 485 g/mol. The lowest BCUT2D eigenvalue weighted by molar-refractivity contribution is -0.215. The third-order valence-electron chi connectivity index (χ3n) is 6.99. The van der Waals surface area contributed by atoms with E-state index in [1.54, 1.807) is 0 Å². The number of nitrogens with two attached hydrogens (primary N) is 1. The third-order valence-corrected chi connectivity index (χ3v) is 6.99. The maximum Gasteiger partial charge on any atom is 0.416 e. The Morgan fingerprint density at radius 3 is 2.33 bits per heavy atom. The number of ketones is 1. The van der Waals surface area contributed by atoms with Gasteiger partial charge in [-0.3, -0.25) is 24.6 Å². The molecule has 5 N–H and O–H groups in total. The van der Waals surface area contributed by atoms with Gasteiger partial charge in [-0.05, 0) is 39.2 Å². The summed E-state index contributed by atoms with van der Waals surface area (Å²) in [5, 5.41) is 14.8. The summed E-state index contributed by atoms with van der Waals surface area (Å²) in [4.78, 5) is 41.7. The normalized spacial score (nSPS) is 24.3. The van der Waals surface area contributed by atoms with Crippen LogP contribution >= 0.6 is 0 Å². The molecule has 2 unspecified atom stereocenters. The smallest absolute Gasteiger partial charge is 0.416 e. The van der Waals surface area contributed by atoms with Crippen molar-refractivity contribution in [3.63, 3.8) is 0 Å². The Labute approximate surface area is 209 Å². The number of carbonyl (C=O) groups excluding carboxylic acids is 3. The fourth-order valence-corrected chi connectivity index (χ4v) is 4.35. The van der Waals surface area contributed by atoms with Crippen molar-refractivity contribution in [2.24, 2.45) is 17.1 Å². The van der Waals surface area contributed by atoms with Gasteiger partial charge in [0.05, 0.1) is 30.7 Å². The Bertz CT molecular complexity index is 780. The first kappa shape index (κ1) is 30.4. The van der Waals surface area contributed by atoms with Crippen LogP contribution in [0, 0.1) is 11.3 Å². The summed E-state index contributed by atoms with van der Waals surface area (Å²) in [6.07, 6.45) is -7.40. The number of morpholine rings is 1. The summed E-state index contributed by atoms with van der Waals surface area (Å²) in [5.74, 6) is -3.35. The predicted molar refractivity (Wildman–Crippen MR) is 124 cm³/mol. The minimum Gasteiger partial charge on any atom is -0.464 e. The van der Waals surface area contributed by atoms with Crippen LogP contribution in [0.4, 0.5) is 13.2 Å². The number of esters is 1. The van der Waals surface area contributed by atoms with Gasteiger partial charge >= 0.3 is 12.1 Å². The zero-order chi connectivity index (χ0) is 27.3. The lowest BCUT2D eigenvalue weighted by Crippen LogP contribution is -2.68. The van der Waals surface area contributed by atoms with Gasteiger partial charge in [0, 0.05) is 19.6 Å². The van der Waals surface area contributed by atoms with Gasteiger partial charge < -0.3 is 25.6 Å². The predicted octanol–water partition coefficient (Wildman–Crippen LogP) is -0.0294. The molecule has 10 nitrogen and oxygen atoms in total. The number of rotatable bonds is 11. The second kappa shape index (κ2) is 12.2. The quantitative estimate of drug-likeness (QED) is 0.216. The van der Waals surface area contributed by atoms with E-state index >= 15 is 0 Å². The molecular formula is C23H39F3N4O6. The highest BCUT2D eigenvalue weighted by Crippen LogP contribution is 2.31. The highest BCUT2D eigenvalue weighted by Gasteiger charge is 2.55. The number of ether oxygens (including phenoxy) is 2. The number of amides is 1. The Balaban J connectivity index is 2.13. The summed E-state index contributed by atoms with van der Waals surface area (Å²) in [7, 11) is 0. The fourth-order valence-electron chi connectivity index (χ4n) is 4.35. The van der Waals surface area contributed by atoms with Crippen LogP contribution in [-0.4, -0.2) is 104 Å². The van der Waals surface area contributed by atoms with Crippen LogP contribution in [0.25, 0.3) is 0 Å². The molecule has 4 atom stereocenters. The lowest BCUT2D eigenvalue weighted by Gasteiger charge is -2.37. The maximum atomic E-state index is 13.5. The van der Waals surface area contributed by atoms with Crippen molar-refractivity contribution >= 4 is 17.7 Å². The summed E-state index contributed by atoms with van der Waals surface area (Å²) in [6.45, 7) is 9.11. The zero-order valence-electron chi connectivity index (χ0n) is 21.3. The molecule has 0 aliphatic carbocycles. The van der Waals surface area contributed by atoms with E-state index in [1.165, 1.54) is 27.7 Å². The van der Waals surface area contributed by atoms with Crippen LogP contribution in [0.5, 0.6) is 0 Å². The van der Waals surface area contributed by atoms with E-state index in [0.717, 1.165) is 0 Å². The molecule has 13 heteroatoms. The van der Waals surface area contributed by atoms with Crippen LogP contribution in [0.2, 0.25) is 0 Å². The van der Waals surface area contributed by atoms with Crippen molar-refractivity contribution in [2.45, 2.75) is 70.4 Å². The van der Waals surface area contributed by atoms with Gasteiger partial charge in [0.2, 0.25) is 5.91 Å². The summed E-state index contributed by atoms with van der Waals surface area (Å²) in [6, 6.07) is -3.16. The van der Waals surface area contributed by atoms with E-state index in [1.807, 2.05) is 0 Å². The van der Waals surface area contributed by atoms with Crippen LogP contribution in [0.1, 0.15) is 40.5 Å². The molecule has 0 radical (unpaired) electrons. The average molecular weight is 525 g/mol. The van der Waals surface area contributed by atoms with Crippen LogP contribution in [0.3, 0.4) is 0 Å². The first-order valence-corrected chi connectivity index (χ1v) is 12.2. The highest BCUT2D eigenvalue weighted by molar-refractivity contribution is 6.14. The molecule has 0 spiro atoms. The van der Waals surface area contributed by atoms with Crippen molar-refractivity contribution in [1.82, 2.24) is 15.5 Å². The molecule has 2 aliphatic rings. The Kier molecular flexibility index (Phi) is 10.3. The molecule has 36 heavy (non-hydrogen) atoms.